The van der Waals surface area contributed by atoms with Crippen LogP contribution in [0.25, 0.3) is 0 Å². The number of Topliss-reactive ketones (excluding diaryl/α,β-unsaturated/α-hetero) is 1. The molecule has 1 heterocycles. The SMILES string of the molecule is C[C@@]12C[C@H](CBr)O[C@]1(O)CCC2=O. The van der Waals surface area contributed by atoms with E-state index in [9.17, 15) is 9.90 Å². The van der Waals surface area contributed by atoms with Crippen LogP contribution in [0.1, 0.15) is 26.2 Å². The summed E-state index contributed by atoms with van der Waals surface area (Å²) in [6.45, 7) is 1.81. The molecule has 0 spiro atoms. The van der Waals surface area contributed by atoms with Crippen molar-refractivity contribution in [3.05, 3.63) is 0 Å². The number of ether oxygens (including phenoxy) is 1. The van der Waals surface area contributed by atoms with Gasteiger partial charge in [0.25, 0.3) is 0 Å². The van der Waals surface area contributed by atoms with Gasteiger partial charge < -0.3 is 9.84 Å². The zero-order valence-corrected chi connectivity index (χ0v) is 9.13. The average molecular weight is 249 g/mol. The summed E-state index contributed by atoms with van der Waals surface area (Å²) in [6.07, 6.45) is 1.50. The fourth-order valence-corrected chi connectivity index (χ4v) is 2.73. The predicted molar refractivity (Wildman–Crippen MR) is 50.6 cm³/mol. The highest BCUT2D eigenvalue weighted by Gasteiger charge is 2.63. The van der Waals surface area contributed by atoms with Gasteiger partial charge in [-0.1, -0.05) is 15.9 Å². The molecule has 0 radical (unpaired) electrons. The Morgan fingerprint density at radius 2 is 2.46 bits per heavy atom. The molecule has 0 unspecified atom stereocenters. The van der Waals surface area contributed by atoms with Crippen LogP contribution < -0.4 is 0 Å². The van der Waals surface area contributed by atoms with Gasteiger partial charge in [0.2, 0.25) is 0 Å². The molecule has 3 atom stereocenters. The third-order valence-electron chi connectivity index (χ3n) is 3.34. The van der Waals surface area contributed by atoms with Crippen molar-refractivity contribution in [2.24, 2.45) is 5.41 Å². The van der Waals surface area contributed by atoms with E-state index < -0.39 is 11.2 Å². The molecule has 2 fully saturated rings. The third-order valence-corrected chi connectivity index (χ3v) is 4.06. The minimum atomic E-state index is -1.19. The molecule has 0 aromatic carbocycles. The zero-order chi connectivity index (χ0) is 9.69. The standard InChI is InChI=1S/C9H13BrO3/c1-8-4-6(5-10)13-9(8,12)3-2-7(8)11/h6,12H,2-5H2,1H3/t6-,8+,9-/m1/s1. The van der Waals surface area contributed by atoms with E-state index in [0.29, 0.717) is 24.6 Å². The van der Waals surface area contributed by atoms with Crippen LogP contribution in [-0.2, 0) is 9.53 Å². The van der Waals surface area contributed by atoms with Gasteiger partial charge in [0, 0.05) is 18.2 Å². The zero-order valence-electron chi connectivity index (χ0n) is 7.55. The number of hydrogen-bond acceptors (Lipinski definition) is 3. The molecule has 0 bridgehead atoms. The largest absolute Gasteiger partial charge is 0.365 e. The lowest BCUT2D eigenvalue weighted by molar-refractivity contribution is -0.218. The van der Waals surface area contributed by atoms with E-state index in [1.165, 1.54) is 0 Å². The summed E-state index contributed by atoms with van der Waals surface area (Å²) < 4.78 is 5.48. The molecule has 74 valence electrons. The fourth-order valence-electron chi connectivity index (χ4n) is 2.37. The molecule has 13 heavy (non-hydrogen) atoms. The number of fused-ring (bicyclic) bond motifs is 1. The third kappa shape index (κ3) is 1.12. The topological polar surface area (TPSA) is 46.5 Å². The molecular formula is C9H13BrO3. The van der Waals surface area contributed by atoms with Crippen LogP contribution in [0, 0.1) is 5.41 Å². The smallest absolute Gasteiger partial charge is 0.178 e. The molecule has 1 N–H and O–H groups in total. The molecule has 2 rings (SSSR count). The lowest BCUT2D eigenvalue weighted by Crippen LogP contribution is -2.41. The van der Waals surface area contributed by atoms with Crippen LogP contribution in [-0.4, -0.2) is 28.1 Å². The van der Waals surface area contributed by atoms with Gasteiger partial charge in [0.05, 0.1) is 11.5 Å². The van der Waals surface area contributed by atoms with Gasteiger partial charge in [-0.25, -0.2) is 0 Å². The highest BCUT2D eigenvalue weighted by Crippen LogP contribution is 2.53. The highest BCUT2D eigenvalue weighted by molar-refractivity contribution is 9.09. The number of hydrogen-bond donors (Lipinski definition) is 1. The van der Waals surface area contributed by atoms with Crippen LogP contribution >= 0.6 is 15.9 Å². The van der Waals surface area contributed by atoms with Crippen molar-refractivity contribution in [1.82, 2.24) is 0 Å². The summed E-state index contributed by atoms with van der Waals surface area (Å²) in [5.74, 6) is -1.05. The minimum absolute atomic E-state index is 0.0285. The molecule has 4 heteroatoms. The Bertz CT molecular complexity index is 255. The van der Waals surface area contributed by atoms with Crippen molar-refractivity contribution in [3.63, 3.8) is 0 Å². The molecule has 1 aliphatic carbocycles. The second-order valence-corrected chi connectivity index (χ2v) is 4.79. The number of halogens is 1. The van der Waals surface area contributed by atoms with Gasteiger partial charge in [0.1, 0.15) is 5.78 Å². The summed E-state index contributed by atoms with van der Waals surface area (Å²) in [5.41, 5.74) is -0.661. The fraction of sp³-hybridized carbons (Fsp3) is 0.889. The number of ketones is 1. The second kappa shape index (κ2) is 2.78. The van der Waals surface area contributed by atoms with Gasteiger partial charge in [-0.2, -0.15) is 0 Å². The Hall–Kier alpha value is 0.0700. The quantitative estimate of drug-likeness (QED) is 0.711. The van der Waals surface area contributed by atoms with Crippen LogP contribution in [0.3, 0.4) is 0 Å². The molecule has 0 amide bonds. The lowest BCUT2D eigenvalue weighted by Gasteiger charge is -2.28. The van der Waals surface area contributed by atoms with E-state index in [1.807, 2.05) is 6.92 Å². The van der Waals surface area contributed by atoms with Gasteiger partial charge in [0.15, 0.2) is 5.79 Å². The van der Waals surface area contributed by atoms with Crippen LogP contribution in [0.4, 0.5) is 0 Å². The first-order chi connectivity index (χ1) is 6.02. The monoisotopic (exact) mass is 248 g/mol. The first-order valence-corrected chi connectivity index (χ1v) is 5.63. The molecule has 0 aromatic heterocycles. The van der Waals surface area contributed by atoms with Crippen molar-refractivity contribution in [3.8, 4) is 0 Å². The molecule has 1 saturated carbocycles. The van der Waals surface area contributed by atoms with Crippen LogP contribution in [0.15, 0.2) is 0 Å². The van der Waals surface area contributed by atoms with E-state index in [2.05, 4.69) is 15.9 Å². The number of alkyl halides is 1. The first kappa shape index (κ1) is 9.62. The van der Waals surface area contributed by atoms with Crippen molar-refractivity contribution >= 4 is 21.7 Å². The van der Waals surface area contributed by atoms with E-state index in [1.54, 1.807) is 0 Å². The Morgan fingerprint density at radius 1 is 1.77 bits per heavy atom. The summed E-state index contributed by atoms with van der Waals surface area (Å²) in [4.78, 5) is 11.6. The second-order valence-electron chi connectivity index (χ2n) is 4.14. The Labute approximate surface area is 85.6 Å². The normalized spacial score (nSPS) is 49.8. The van der Waals surface area contributed by atoms with Crippen LogP contribution in [0.2, 0.25) is 0 Å². The number of rotatable bonds is 1. The molecular weight excluding hydrogens is 236 g/mol. The molecule has 2 aliphatic rings. The van der Waals surface area contributed by atoms with E-state index in [0.717, 1.165) is 0 Å². The van der Waals surface area contributed by atoms with Gasteiger partial charge in [-0.3, -0.25) is 4.79 Å². The first-order valence-electron chi connectivity index (χ1n) is 4.51. The Morgan fingerprint density at radius 3 is 3.00 bits per heavy atom. The maximum absolute atomic E-state index is 11.6. The van der Waals surface area contributed by atoms with Gasteiger partial charge in [-0.05, 0) is 13.3 Å². The maximum atomic E-state index is 11.6. The van der Waals surface area contributed by atoms with Crippen molar-refractivity contribution in [2.75, 3.05) is 5.33 Å². The van der Waals surface area contributed by atoms with E-state index >= 15 is 0 Å². The van der Waals surface area contributed by atoms with Crippen molar-refractivity contribution in [1.29, 1.82) is 0 Å². The maximum Gasteiger partial charge on any atom is 0.178 e. The molecule has 3 nitrogen and oxygen atoms in total. The number of carbonyl (C=O) groups excluding carboxylic acids is 1. The summed E-state index contributed by atoms with van der Waals surface area (Å²) >= 11 is 3.31. The van der Waals surface area contributed by atoms with Gasteiger partial charge in [-0.15, -0.1) is 0 Å². The Balaban J connectivity index is 2.30. The molecule has 1 saturated heterocycles. The van der Waals surface area contributed by atoms with Crippen molar-refractivity contribution < 1.29 is 14.6 Å². The average Bonchev–Trinajstić information content (AvgIpc) is 2.46. The summed E-state index contributed by atoms with van der Waals surface area (Å²) in [7, 11) is 0. The minimum Gasteiger partial charge on any atom is -0.365 e. The number of aliphatic hydroxyl groups is 1. The predicted octanol–water partition coefficient (Wildman–Crippen LogP) is 1.23. The summed E-state index contributed by atoms with van der Waals surface area (Å²) in [6, 6.07) is 0. The summed E-state index contributed by atoms with van der Waals surface area (Å²) in [5, 5.41) is 10.8. The van der Waals surface area contributed by atoms with Crippen LogP contribution in [0.5, 0.6) is 0 Å². The Kier molecular flexibility index (Phi) is 2.06. The highest BCUT2D eigenvalue weighted by atomic mass is 79.9. The van der Waals surface area contributed by atoms with E-state index in [4.69, 9.17) is 4.74 Å². The number of carbonyl (C=O) groups is 1. The van der Waals surface area contributed by atoms with Crippen molar-refractivity contribution in [2.45, 2.75) is 38.1 Å². The molecule has 1 aliphatic heterocycles. The van der Waals surface area contributed by atoms with E-state index in [-0.39, 0.29) is 11.9 Å². The molecule has 0 aromatic rings. The van der Waals surface area contributed by atoms with Gasteiger partial charge >= 0.3 is 0 Å². The lowest BCUT2D eigenvalue weighted by atomic mass is 9.81.